The van der Waals surface area contributed by atoms with Gasteiger partial charge in [0.25, 0.3) is 0 Å². The van der Waals surface area contributed by atoms with E-state index in [2.05, 4.69) is 0 Å². The van der Waals surface area contributed by atoms with Gasteiger partial charge >= 0.3 is 0 Å². The number of rotatable bonds is 3. The van der Waals surface area contributed by atoms with Crippen molar-refractivity contribution in [1.29, 1.82) is 0 Å². The van der Waals surface area contributed by atoms with Crippen LogP contribution in [-0.2, 0) is 10.0 Å². The van der Waals surface area contributed by atoms with Crippen molar-refractivity contribution in [2.45, 2.75) is 37.1 Å². The summed E-state index contributed by atoms with van der Waals surface area (Å²) in [5.74, 6) is -2.16. The van der Waals surface area contributed by atoms with Gasteiger partial charge in [0.2, 0.25) is 10.0 Å². The van der Waals surface area contributed by atoms with Gasteiger partial charge in [0.05, 0.1) is 0 Å². The monoisotopic (exact) mass is 290 g/mol. The molecule has 1 aromatic rings. The van der Waals surface area contributed by atoms with Gasteiger partial charge in [0.15, 0.2) is 5.82 Å². The van der Waals surface area contributed by atoms with Gasteiger partial charge in [-0.05, 0) is 31.4 Å². The molecule has 1 atom stereocenters. The molecule has 1 aromatic carbocycles. The lowest BCUT2D eigenvalue weighted by molar-refractivity contribution is 0.377. The molecule has 1 heterocycles. The molecule has 7 heteroatoms. The highest BCUT2D eigenvalue weighted by Crippen LogP contribution is 2.31. The Balaban J connectivity index is 2.48. The van der Waals surface area contributed by atoms with Crippen molar-refractivity contribution in [2.24, 2.45) is 0 Å². The van der Waals surface area contributed by atoms with Crippen LogP contribution in [0.2, 0.25) is 0 Å². The first-order valence-electron chi connectivity index (χ1n) is 6.15. The molecular formula is C12H16F2N2O2S. The minimum atomic E-state index is -3.96. The molecule has 19 heavy (non-hydrogen) atoms. The van der Waals surface area contributed by atoms with Gasteiger partial charge in [-0.3, -0.25) is 0 Å². The van der Waals surface area contributed by atoms with E-state index in [9.17, 15) is 17.2 Å². The molecule has 0 saturated carbocycles. The Hall–Kier alpha value is -1.21. The fraction of sp³-hybridized carbons (Fsp3) is 0.500. The lowest BCUT2D eigenvalue weighted by atomic mass is 10.2. The number of sulfonamides is 1. The first-order valence-corrected chi connectivity index (χ1v) is 7.59. The number of nitrogens with zero attached hydrogens (tertiary/aromatic N) is 1. The van der Waals surface area contributed by atoms with E-state index in [1.807, 2.05) is 6.92 Å². The zero-order valence-electron chi connectivity index (χ0n) is 10.6. The summed E-state index contributed by atoms with van der Waals surface area (Å²) in [6, 6.07) is 1.68. The van der Waals surface area contributed by atoms with Crippen molar-refractivity contribution in [3.8, 4) is 0 Å². The van der Waals surface area contributed by atoms with Gasteiger partial charge in [-0.15, -0.1) is 0 Å². The molecule has 0 bridgehead atoms. The summed E-state index contributed by atoms with van der Waals surface area (Å²) in [5, 5.41) is 0. The second-order valence-electron chi connectivity index (χ2n) is 4.59. The summed E-state index contributed by atoms with van der Waals surface area (Å²) >= 11 is 0. The summed E-state index contributed by atoms with van der Waals surface area (Å²) in [6.45, 7) is 2.24. The molecule has 0 spiro atoms. The van der Waals surface area contributed by atoms with Gasteiger partial charge in [-0.2, -0.15) is 4.31 Å². The number of halogens is 2. The van der Waals surface area contributed by atoms with Crippen molar-refractivity contribution in [3.05, 3.63) is 23.8 Å². The molecule has 1 aliphatic rings. The standard InChI is InChI=1S/C12H16F2N2O2S/c1-2-8-4-3-7-16(8)19(17,18)10-6-5-9(13)12(15)11(10)14/h5-6,8H,2-4,7,15H2,1H3. The fourth-order valence-corrected chi connectivity index (χ4v) is 4.25. The molecule has 1 saturated heterocycles. The van der Waals surface area contributed by atoms with Gasteiger partial charge in [-0.1, -0.05) is 6.92 Å². The van der Waals surface area contributed by atoms with Crippen LogP contribution in [-0.4, -0.2) is 25.3 Å². The summed E-state index contributed by atoms with van der Waals surface area (Å²) in [5.41, 5.74) is 4.46. The molecule has 2 rings (SSSR count). The second-order valence-corrected chi connectivity index (χ2v) is 6.45. The van der Waals surface area contributed by atoms with Crippen molar-refractivity contribution in [2.75, 3.05) is 12.3 Å². The smallest absolute Gasteiger partial charge is 0.246 e. The zero-order valence-corrected chi connectivity index (χ0v) is 11.4. The molecule has 2 N–H and O–H groups in total. The van der Waals surface area contributed by atoms with Gasteiger partial charge in [0, 0.05) is 12.6 Å². The number of hydrogen-bond acceptors (Lipinski definition) is 3. The van der Waals surface area contributed by atoms with Crippen LogP contribution in [0.25, 0.3) is 0 Å². The maximum absolute atomic E-state index is 13.9. The summed E-state index contributed by atoms with van der Waals surface area (Å²) in [7, 11) is -3.96. The Morgan fingerprint density at radius 1 is 1.42 bits per heavy atom. The largest absolute Gasteiger partial charge is 0.394 e. The third-order valence-electron chi connectivity index (χ3n) is 3.47. The average Bonchev–Trinajstić information content (AvgIpc) is 2.84. The Morgan fingerprint density at radius 3 is 2.74 bits per heavy atom. The van der Waals surface area contributed by atoms with Crippen LogP contribution >= 0.6 is 0 Å². The third-order valence-corrected chi connectivity index (χ3v) is 5.44. The molecule has 1 unspecified atom stereocenters. The third kappa shape index (κ3) is 2.32. The highest BCUT2D eigenvalue weighted by atomic mass is 32.2. The highest BCUT2D eigenvalue weighted by Gasteiger charge is 2.36. The van der Waals surface area contributed by atoms with Crippen LogP contribution in [0.1, 0.15) is 26.2 Å². The van der Waals surface area contributed by atoms with E-state index in [0.29, 0.717) is 13.0 Å². The SMILES string of the molecule is CCC1CCCN1S(=O)(=O)c1ccc(F)c(N)c1F. The number of nitrogens with two attached hydrogens (primary N) is 1. The van der Waals surface area contributed by atoms with E-state index in [1.54, 1.807) is 0 Å². The second kappa shape index (κ2) is 5.05. The minimum Gasteiger partial charge on any atom is -0.394 e. The van der Waals surface area contributed by atoms with Gasteiger partial charge in [-0.25, -0.2) is 17.2 Å². The van der Waals surface area contributed by atoms with Gasteiger partial charge < -0.3 is 5.73 Å². The van der Waals surface area contributed by atoms with Crippen LogP contribution < -0.4 is 5.73 Å². The van der Waals surface area contributed by atoms with Crippen LogP contribution in [0.5, 0.6) is 0 Å². The Morgan fingerprint density at radius 2 is 2.11 bits per heavy atom. The van der Waals surface area contributed by atoms with Gasteiger partial charge in [0.1, 0.15) is 16.4 Å². The first kappa shape index (κ1) is 14.2. The number of anilines is 1. The molecule has 1 aliphatic heterocycles. The van der Waals surface area contributed by atoms with Crippen molar-refractivity contribution >= 4 is 15.7 Å². The van der Waals surface area contributed by atoms with E-state index in [-0.39, 0.29) is 6.04 Å². The lowest BCUT2D eigenvalue weighted by Gasteiger charge is -2.23. The van der Waals surface area contributed by atoms with E-state index < -0.39 is 32.2 Å². The number of hydrogen-bond donors (Lipinski definition) is 1. The maximum Gasteiger partial charge on any atom is 0.246 e. The average molecular weight is 290 g/mol. The molecule has 1 fully saturated rings. The molecule has 0 radical (unpaired) electrons. The molecular weight excluding hydrogens is 274 g/mol. The summed E-state index contributed by atoms with van der Waals surface area (Å²) in [4.78, 5) is -0.549. The van der Waals surface area contributed by atoms with Crippen molar-refractivity contribution in [3.63, 3.8) is 0 Å². The summed E-state index contributed by atoms with van der Waals surface area (Å²) < 4.78 is 53.0. The first-order chi connectivity index (χ1) is 8.89. The van der Waals surface area contributed by atoms with E-state index in [1.165, 1.54) is 4.31 Å². The van der Waals surface area contributed by atoms with Crippen molar-refractivity contribution < 1.29 is 17.2 Å². The normalized spacial score (nSPS) is 20.9. The molecule has 0 aromatic heterocycles. The minimum absolute atomic E-state index is 0.129. The highest BCUT2D eigenvalue weighted by molar-refractivity contribution is 7.89. The van der Waals surface area contributed by atoms with Crippen LogP contribution in [0.3, 0.4) is 0 Å². The van der Waals surface area contributed by atoms with Crippen LogP contribution in [0.4, 0.5) is 14.5 Å². The number of nitrogen functional groups attached to an aromatic ring is 1. The zero-order chi connectivity index (χ0) is 14.2. The molecule has 0 aliphatic carbocycles. The van der Waals surface area contributed by atoms with Crippen LogP contribution in [0.15, 0.2) is 17.0 Å². The fourth-order valence-electron chi connectivity index (χ4n) is 2.41. The Labute approximate surface area is 111 Å². The molecule has 0 amide bonds. The Kier molecular flexibility index (Phi) is 3.78. The van der Waals surface area contributed by atoms with E-state index in [0.717, 1.165) is 25.0 Å². The lowest BCUT2D eigenvalue weighted by Crippen LogP contribution is -2.35. The predicted octanol–water partition coefficient (Wildman–Crippen LogP) is 2.11. The molecule has 4 nitrogen and oxygen atoms in total. The summed E-state index contributed by atoms with van der Waals surface area (Å²) in [6.07, 6.45) is 2.17. The molecule has 106 valence electrons. The maximum atomic E-state index is 13.9. The predicted molar refractivity (Wildman–Crippen MR) is 68.0 cm³/mol. The van der Waals surface area contributed by atoms with Crippen molar-refractivity contribution in [1.82, 2.24) is 4.31 Å². The van der Waals surface area contributed by atoms with Crippen LogP contribution in [0, 0.1) is 11.6 Å². The van der Waals surface area contributed by atoms with E-state index >= 15 is 0 Å². The quantitative estimate of drug-likeness (QED) is 0.867. The van der Waals surface area contributed by atoms with E-state index in [4.69, 9.17) is 5.73 Å². The Bertz CT molecular complexity index is 590. The number of benzene rings is 1. The topological polar surface area (TPSA) is 63.4 Å².